The molecule has 0 saturated carbocycles. The molecule has 0 aliphatic heterocycles. The molecule has 0 fully saturated rings. The summed E-state index contributed by atoms with van der Waals surface area (Å²) in [6, 6.07) is 5.72. The van der Waals surface area contributed by atoms with Crippen molar-refractivity contribution in [3.8, 4) is 5.75 Å². The van der Waals surface area contributed by atoms with Crippen molar-refractivity contribution < 1.29 is 22.7 Å². The average Bonchev–Trinajstić information content (AvgIpc) is 2.89. The van der Waals surface area contributed by atoms with Crippen molar-refractivity contribution in [2.24, 2.45) is 0 Å². The second-order valence-electron chi connectivity index (χ2n) is 5.69. The van der Waals surface area contributed by atoms with Gasteiger partial charge in [-0.25, -0.2) is 0 Å². The normalized spacial score (nSPS) is 11.4. The zero-order chi connectivity index (χ0) is 19.3. The number of nitrogens with zero attached hydrogens (tertiary/aromatic N) is 3. The molecule has 0 aliphatic carbocycles. The van der Waals surface area contributed by atoms with E-state index in [2.05, 4.69) is 14.9 Å². The van der Waals surface area contributed by atoms with Crippen LogP contribution in [0.15, 0.2) is 24.3 Å². The van der Waals surface area contributed by atoms with Gasteiger partial charge in [0.25, 0.3) is 0 Å². The van der Waals surface area contributed by atoms with Crippen LogP contribution in [0.1, 0.15) is 24.7 Å². The number of hydrogen-bond acceptors (Lipinski definition) is 4. The van der Waals surface area contributed by atoms with Crippen molar-refractivity contribution in [3.63, 3.8) is 0 Å². The first-order valence-electron chi connectivity index (χ1n) is 7.93. The first-order valence-corrected chi connectivity index (χ1v) is 8.33. The van der Waals surface area contributed by atoms with Gasteiger partial charge in [-0.3, -0.25) is 14.5 Å². The lowest BCUT2D eigenvalue weighted by Crippen LogP contribution is -2.31. The van der Waals surface area contributed by atoms with Crippen LogP contribution in [0, 0.1) is 4.77 Å². The predicted molar refractivity (Wildman–Crippen MR) is 91.0 cm³/mol. The number of amides is 1. The standard InChI is InChI=1S/C16H19F3N4O2S/c1-3-6-13-20-21-15(26)23(13)10-14(24)22(2)9-11-7-4-5-8-12(11)25-16(17,18)19/h4-5,7-8H,3,6,9-10H2,1-2H3,(H,21,26). The first kappa shape index (κ1) is 20.0. The summed E-state index contributed by atoms with van der Waals surface area (Å²) in [7, 11) is 1.51. The van der Waals surface area contributed by atoms with Gasteiger partial charge in [0.15, 0.2) is 4.77 Å². The molecule has 0 saturated heterocycles. The minimum atomic E-state index is -4.79. The van der Waals surface area contributed by atoms with Crippen LogP contribution in [0.2, 0.25) is 0 Å². The number of carbonyl (C=O) groups excluding carboxylic acids is 1. The Hall–Kier alpha value is -2.36. The summed E-state index contributed by atoms with van der Waals surface area (Å²) >= 11 is 5.13. The monoisotopic (exact) mass is 388 g/mol. The lowest BCUT2D eigenvalue weighted by atomic mass is 10.2. The topological polar surface area (TPSA) is 63.2 Å². The maximum Gasteiger partial charge on any atom is 0.573 e. The fraction of sp³-hybridized carbons (Fsp3) is 0.438. The molecule has 0 spiro atoms. The number of aryl methyl sites for hydroxylation is 1. The molecule has 0 bridgehead atoms. The Kier molecular flexibility index (Phi) is 6.41. The maximum atomic E-state index is 12.5. The quantitative estimate of drug-likeness (QED) is 0.738. The molecule has 0 aliphatic rings. The highest BCUT2D eigenvalue weighted by atomic mass is 32.1. The predicted octanol–water partition coefficient (Wildman–Crippen LogP) is 3.45. The van der Waals surface area contributed by atoms with Crippen LogP contribution in [0.5, 0.6) is 5.75 Å². The van der Waals surface area contributed by atoms with Crippen molar-refractivity contribution in [1.29, 1.82) is 0 Å². The first-order chi connectivity index (χ1) is 12.2. The Labute approximate surface area is 153 Å². The fourth-order valence-electron chi connectivity index (χ4n) is 2.39. The summed E-state index contributed by atoms with van der Waals surface area (Å²) in [4.78, 5) is 13.8. The lowest BCUT2D eigenvalue weighted by molar-refractivity contribution is -0.275. The summed E-state index contributed by atoms with van der Waals surface area (Å²) in [5.41, 5.74) is 0.255. The highest BCUT2D eigenvalue weighted by molar-refractivity contribution is 7.71. The van der Waals surface area contributed by atoms with Crippen LogP contribution in [0.25, 0.3) is 0 Å². The number of nitrogens with one attached hydrogen (secondary N) is 1. The number of alkyl halides is 3. The van der Waals surface area contributed by atoms with Gasteiger partial charge in [0.2, 0.25) is 5.91 Å². The molecule has 26 heavy (non-hydrogen) atoms. The van der Waals surface area contributed by atoms with Crippen LogP contribution >= 0.6 is 12.2 Å². The molecule has 1 aromatic carbocycles. The van der Waals surface area contributed by atoms with E-state index in [0.717, 1.165) is 6.42 Å². The third-order valence-corrected chi connectivity index (χ3v) is 3.95. The van der Waals surface area contributed by atoms with Gasteiger partial charge >= 0.3 is 6.36 Å². The number of carbonyl (C=O) groups is 1. The number of rotatable bonds is 7. The number of aromatic nitrogens is 3. The number of aromatic amines is 1. The molecular formula is C16H19F3N4O2S. The number of benzene rings is 1. The van der Waals surface area contributed by atoms with Gasteiger partial charge in [0.05, 0.1) is 0 Å². The molecule has 1 amide bonds. The smallest absolute Gasteiger partial charge is 0.405 e. The molecule has 10 heteroatoms. The van der Waals surface area contributed by atoms with Crippen molar-refractivity contribution in [2.45, 2.75) is 39.2 Å². The number of para-hydroxylation sites is 1. The van der Waals surface area contributed by atoms with Gasteiger partial charge in [-0.15, -0.1) is 13.2 Å². The molecular weight excluding hydrogens is 369 g/mol. The van der Waals surface area contributed by atoms with Gasteiger partial charge in [0.1, 0.15) is 18.1 Å². The maximum absolute atomic E-state index is 12.5. The van der Waals surface area contributed by atoms with Crippen molar-refractivity contribution in [1.82, 2.24) is 19.7 Å². The number of hydrogen-bond donors (Lipinski definition) is 1. The average molecular weight is 388 g/mol. The Morgan fingerprint density at radius 2 is 2.08 bits per heavy atom. The third kappa shape index (κ3) is 5.32. The van der Waals surface area contributed by atoms with Gasteiger partial charge in [-0.05, 0) is 24.7 Å². The number of H-pyrrole nitrogens is 1. The molecule has 2 aromatic rings. The molecule has 0 radical (unpaired) electrons. The Morgan fingerprint density at radius 1 is 1.38 bits per heavy atom. The van der Waals surface area contributed by atoms with E-state index < -0.39 is 6.36 Å². The zero-order valence-electron chi connectivity index (χ0n) is 14.3. The highest BCUT2D eigenvalue weighted by Crippen LogP contribution is 2.27. The van der Waals surface area contributed by atoms with Gasteiger partial charge in [-0.2, -0.15) is 5.10 Å². The summed E-state index contributed by atoms with van der Waals surface area (Å²) in [5, 5.41) is 6.74. The minimum Gasteiger partial charge on any atom is -0.405 e. The Morgan fingerprint density at radius 3 is 2.73 bits per heavy atom. The molecule has 142 valence electrons. The lowest BCUT2D eigenvalue weighted by Gasteiger charge is -2.20. The van der Waals surface area contributed by atoms with Crippen LogP contribution in [-0.2, 0) is 24.3 Å². The fourth-order valence-corrected chi connectivity index (χ4v) is 2.60. The van der Waals surface area contributed by atoms with Crippen molar-refractivity contribution >= 4 is 18.1 Å². The van der Waals surface area contributed by atoms with Crippen molar-refractivity contribution in [3.05, 3.63) is 40.4 Å². The Balaban J connectivity index is 2.11. The number of halogens is 3. The molecule has 2 rings (SSSR count). The SMILES string of the molecule is CCCc1n[nH]c(=S)n1CC(=O)N(C)Cc1ccccc1OC(F)(F)F. The zero-order valence-corrected chi connectivity index (χ0v) is 15.2. The van der Waals surface area contributed by atoms with E-state index >= 15 is 0 Å². The minimum absolute atomic E-state index is 0.0284. The molecule has 1 N–H and O–H groups in total. The summed E-state index contributed by atoms with van der Waals surface area (Å²) in [6.45, 7) is 1.91. The molecule has 1 heterocycles. The molecule has 0 atom stereocenters. The van der Waals surface area contributed by atoms with E-state index in [1.807, 2.05) is 6.92 Å². The van der Waals surface area contributed by atoms with Gasteiger partial charge in [-0.1, -0.05) is 25.1 Å². The second-order valence-corrected chi connectivity index (χ2v) is 6.07. The van der Waals surface area contributed by atoms with Crippen LogP contribution in [0.4, 0.5) is 13.2 Å². The third-order valence-electron chi connectivity index (χ3n) is 3.64. The number of ether oxygens (including phenoxy) is 1. The largest absolute Gasteiger partial charge is 0.573 e. The number of likely N-dealkylation sites (N-methyl/N-ethyl adjacent to an activating group) is 1. The Bertz CT molecular complexity index is 816. The van der Waals surface area contributed by atoms with E-state index in [4.69, 9.17) is 12.2 Å². The summed E-state index contributed by atoms with van der Waals surface area (Å²) in [5.74, 6) is 0.0352. The van der Waals surface area contributed by atoms with E-state index in [1.165, 1.54) is 30.1 Å². The van der Waals surface area contributed by atoms with Crippen LogP contribution in [0.3, 0.4) is 0 Å². The highest BCUT2D eigenvalue weighted by Gasteiger charge is 2.32. The van der Waals surface area contributed by atoms with E-state index in [9.17, 15) is 18.0 Å². The summed E-state index contributed by atoms with van der Waals surface area (Å²) < 4.78 is 43.4. The van der Waals surface area contributed by atoms with Gasteiger partial charge in [0, 0.05) is 25.6 Å². The molecule has 1 aromatic heterocycles. The van der Waals surface area contributed by atoms with E-state index in [0.29, 0.717) is 17.0 Å². The van der Waals surface area contributed by atoms with Crippen molar-refractivity contribution in [2.75, 3.05) is 7.05 Å². The van der Waals surface area contributed by atoms with E-state index in [1.54, 1.807) is 10.6 Å². The molecule has 6 nitrogen and oxygen atoms in total. The second kappa shape index (κ2) is 8.35. The summed E-state index contributed by atoms with van der Waals surface area (Å²) in [6.07, 6.45) is -3.30. The van der Waals surface area contributed by atoms with Crippen LogP contribution in [-0.4, -0.2) is 39.0 Å². The van der Waals surface area contributed by atoms with Gasteiger partial charge < -0.3 is 9.64 Å². The molecule has 0 unspecified atom stereocenters. The van der Waals surface area contributed by atoms with Crippen LogP contribution < -0.4 is 4.74 Å². The van der Waals surface area contributed by atoms with E-state index in [-0.39, 0.29) is 30.3 Å².